The molecule has 0 aliphatic carbocycles. The second-order valence-corrected chi connectivity index (χ2v) is 6.18. The van der Waals surface area contributed by atoms with Crippen molar-refractivity contribution in [3.8, 4) is 17.6 Å². The van der Waals surface area contributed by atoms with E-state index in [1.165, 1.54) is 6.08 Å². The predicted molar refractivity (Wildman–Crippen MR) is 93.9 cm³/mol. The van der Waals surface area contributed by atoms with Crippen LogP contribution < -0.4 is 14.8 Å². The summed E-state index contributed by atoms with van der Waals surface area (Å²) in [6.45, 7) is 0.119. The lowest BCUT2D eigenvalue weighted by molar-refractivity contribution is -0.112. The number of rotatable bonds is 3. The van der Waals surface area contributed by atoms with Crippen LogP contribution >= 0.6 is 27.5 Å². The largest absolute Gasteiger partial charge is 0.454 e. The lowest BCUT2D eigenvalue weighted by Gasteiger charge is -2.06. The molecule has 0 saturated heterocycles. The molecule has 1 amide bonds. The molecule has 0 saturated carbocycles. The highest BCUT2D eigenvalue weighted by molar-refractivity contribution is 9.10. The molecule has 2 aromatic carbocycles. The van der Waals surface area contributed by atoms with Crippen LogP contribution in [0.15, 0.2) is 46.4 Å². The van der Waals surface area contributed by atoms with Gasteiger partial charge in [-0.05, 0) is 42.0 Å². The Kier molecular flexibility index (Phi) is 4.74. The number of nitrogens with one attached hydrogen (secondary N) is 1. The molecular formula is C17H10BrClN2O3. The summed E-state index contributed by atoms with van der Waals surface area (Å²) in [5, 5.41) is 12.3. The Balaban J connectivity index is 1.85. The Morgan fingerprint density at radius 1 is 1.25 bits per heavy atom. The number of amides is 1. The maximum absolute atomic E-state index is 12.3. The zero-order chi connectivity index (χ0) is 17.1. The highest BCUT2D eigenvalue weighted by Gasteiger charge is 2.17. The summed E-state index contributed by atoms with van der Waals surface area (Å²) < 4.78 is 11.4. The molecule has 3 rings (SSSR count). The Morgan fingerprint density at radius 2 is 1.92 bits per heavy atom. The van der Waals surface area contributed by atoms with Gasteiger partial charge in [0.05, 0.1) is 5.02 Å². The molecule has 5 nitrogen and oxygen atoms in total. The van der Waals surface area contributed by atoms with Crippen molar-refractivity contribution in [2.75, 3.05) is 12.1 Å². The van der Waals surface area contributed by atoms with Gasteiger partial charge in [-0.15, -0.1) is 0 Å². The summed E-state index contributed by atoms with van der Waals surface area (Å²) >= 11 is 9.48. The normalized spacial score (nSPS) is 12.6. The van der Waals surface area contributed by atoms with E-state index in [-0.39, 0.29) is 12.4 Å². The minimum atomic E-state index is -0.520. The summed E-state index contributed by atoms with van der Waals surface area (Å²) in [6.07, 6.45) is 1.42. The standard InChI is InChI=1S/C17H10BrClN2O3/c18-12-1-3-13(4-2-12)21-17(22)11(8-20)5-10-6-15-16(7-14(10)19)24-9-23-15/h1-7H,9H2,(H,21,22)/b11-5+. The molecule has 0 unspecified atom stereocenters. The fourth-order valence-electron chi connectivity index (χ4n) is 2.08. The molecule has 0 bridgehead atoms. The van der Waals surface area contributed by atoms with Crippen LogP contribution in [0.3, 0.4) is 0 Å². The number of fused-ring (bicyclic) bond motifs is 1. The number of ether oxygens (including phenoxy) is 2. The van der Waals surface area contributed by atoms with Gasteiger partial charge in [-0.2, -0.15) is 5.26 Å². The molecule has 1 heterocycles. The second-order valence-electron chi connectivity index (χ2n) is 4.86. The minimum Gasteiger partial charge on any atom is -0.454 e. The molecular weight excluding hydrogens is 396 g/mol. The van der Waals surface area contributed by atoms with E-state index in [1.54, 1.807) is 36.4 Å². The molecule has 2 aromatic rings. The van der Waals surface area contributed by atoms with Gasteiger partial charge in [0.2, 0.25) is 6.79 Å². The number of carbonyl (C=O) groups excluding carboxylic acids is 1. The van der Waals surface area contributed by atoms with E-state index < -0.39 is 5.91 Å². The number of halogens is 2. The molecule has 24 heavy (non-hydrogen) atoms. The fraction of sp³-hybridized carbons (Fsp3) is 0.0588. The number of nitriles is 1. The van der Waals surface area contributed by atoms with E-state index >= 15 is 0 Å². The fourth-order valence-corrected chi connectivity index (χ4v) is 2.55. The van der Waals surface area contributed by atoms with Crippen LogP contribution in [0.1, 0.15) is 5.56 Å². The van der Waals surface area contributed by atoms with Crippen molar-refractivity contribution < 1.29 is 14.3 Å². The SMILES string of the molecule is N#C/C(=C\c1cc2c(cc1Cl)OCO2)C(=O)Nc1ccc(Br)cc1. The second kappa shape index (κ2) is 6.95. The van der Waals surface area contributed by atoms with Gasteiger partial charge < -0.3 is 14.8 Å². The molecule has 1 aliphatic heterocycles. The van der Waals surface area contributed by atoms with Crippen molar-refractivity contribution >= 4 is 45.2 Å². The first-order valence-corrected chi connectivity index (χ1v) is 8.02. The van der Waals surface area contributed by atoms with Gasteiger partial charge in [0.25, 0.3) is 5.91 Å². The van der Waals surface area contributed by atoms with Crippen LogP contribution in [0.25, 0.3) is 6.08 Å². The van der Waals surface area contributed by atoms with Gasteiger partial charge in [-0.25, -0.2) is 0 Å². The first kappa shape index (κ1) is 16.4. The summed E-state index contributed by atoms with van der Waals surface area (Å²) in [4.78, 5) is 12.3. The van der Waals surface area contributed by atoms with E-state index in [0.717, 1.165) is 4.47 Å². The lowest BCUT2D eigenvalue weighted by atomic mass is 10.1. The smallest absolute Gasteiger partial charge is 0.266 e. The number of benzene rings is 2. The average Bonchev–Trinajstić information content (AvgIpc) is 3.01. The Hall–Kier alpha value is -2.49. The zero-order valence-electron chi connectivity index (χ0n) is 12.2. The van der Waals surface area contributed by atoms with Crippen LogP contribution in [0.4, 0.5) is 5.69 Å². The highest BCUT2D eigenvalue weighted by atomic mass is 79.9. The first-order chi connectivity index (χ1) is 11.6. The molecule has 0 aromatic heterocycles. The minimum absolute atomic E-state index is 0.0707. The van der Waals surface area contributed by atoms with Crippen molar-refractivity contribution in [2.24, 2.45) is 0 Å². The Labute approximate surface area is 151 Å². The molecule has 7 heteroatoms. The number of carbonyl (C=O) groups is 1. The summed E-state index contributed by atoms with van der Waals surface area (Å²) in [5.41, 5.74) is 1.02. The number of hydrogen-bond acceptors (Lipinski definition) is 4. The Morgan fingerprint density at radius 3 is 2.58 bits per heavy atom. The van der Waals surface area contributed by atoms with E-state index in [9.17, 15) is 10.1 Å². The molecule has 0 fully saturated rings. The molecule has 1 aliphatic rings. The number of nitrogens with zero attached hydrogens (tertiary/aromatic N) is 1. The van der Waals surface area contributed by atoms with Crippen LogP contribution in [0.2, 0.25) is 5.02 Å². The molecule has 0 atom stereocenters. The van der Waals surface area contributed by atoms with Crippen LogP contribution in [0.5, 0.6) is 11.5 Å². The quantitative estimate of drug-likeness (QED) is 0.608. The predicted octanol–water partition coefficient (Wildman–Crippen LogP) is 4.38. The van der Waals surface area contributed by atoms with E-state index in [0.29, 0.717) is 27.8 Å². The zero-order valence-corrected chi connectivity index (χ0v) is 14.5. The van der Waals surface area contributed by atoms with Gasteiger partial charge in [0.1, 0.15) is 11.6 Å². The number of hydrogen-bond donors (Lipinski definition) is 1. The van der Waals surface area contributed by atoms with Crippen molar-refractivity contribution in [3.05, 3.63) is 57.0 Å². The van der Waals surface area contributed by atoms with Gasteiger partial charge in [-0.3, -0.25) is 4.79 Å². The van der Waals surface area contributed by atoms with Crippen molar-refractivity contribution in [1.29, 1.82) is 5.26 Å². The first-order valence-electron chi connectivity index (χ1n) is 6.84. The third kappa shape index (κ3) is 3.53. The summed E-state index contributed by atoms with van der Waals surface area (Å²) in [5.74, 6) is 0.541. The molecule has 1 N–H and O–H groups in total. The third-order valence-corrected chi connectivity index (χ3v) is 4.11. The molecule has 0 radical (unpaired) electrons. The van der Waals surface area contributed by atoms with Crippen molar-refractivity contribution in [2.45, 2.75) is 0 Å². The van der Waals surface area contributed by atoms with E-state index in [4.69, 9.17) is 21.1 Å². The van der Waals surface area contributed by atoms with Gasteiger partial charge >= 0.3 is 0 Å². The Bertz CT molecular complexity index is 873. The molecule has 0 spiro atoms. The third-order valence-electron chi connectivity index (χ3n) is 3.26. The molecule has 120 valence electrons. The lowest BCUT2D eigenvalue weighted by Crippen LogP contribution is -2.13. The van der Waals surface area contributed by atoms with Crippen molar-refractivity contribution in [1.82, 2.24) is 0 Å². The highest BCUT2D eigenvalue weighted by Crippen LogP contribution is 2.37. The van der Waals surface area contributed by atoms with Gasteiger partial charge in [0.15, 0.2) is 11.5 Å². The van der Waals surface area contributed by atoms with E-state index in [2.05, 4.69) is 21.2 Å². The summed E-state index contributed by atoms with van der Waals surface area (Å²) in [6, 6.07) is 12.2. The van der Waals surface area contributed by atoms with Crippen LogP contribution in [-0.4, -0.2) is 12.7 Å². The van der Waals surface area contributed by atoms with Crippen molar-refractivity contribution in [3.63, 3.8) is 0 Å². The monoisotopic (exact) mass is 404 g/mol. The maximum atomic E-state index is 12.3. The summed E-state index contributed by atoms with van der Waals surface area (Å²) in [7, 11) is 0. The van der Waals surface area contributed by atoms with Gasteiger partial charge in [-0.1, -0.05) is 27.5 Å². The van der Waals surface area contributed by atoms with E-state index in [1.807, 2.05) is 6.07 Å². The average molecular weight is 406 g/mol. The maximum Gasteiger partial charge on any atom is 0.266 e. The topological polar surface area (TPSA) is 71.3 Å². The van der Waals surface area contributed by atoms with Gasteiger partial charge in [0, 0.05) is 16.2 Å². The van der Waals surface area contributed by atoms with Crippen LogP contribution in [-0.2, 0) is 4.79 Å². The number of anilines is 1. The van der Waals surface area contributed by atoms with Crippen LogP contribution in [0, 0.1) is 11.3 Å².